The number of anilines is 1. The van der Waals surface area contributed by atoms with Crippen molar-refractivity contribution in [1.29, 1.82) is 0 Å². The summed E-state index contributed by atoms with van der Waals surface area (Å²) in [5.74, 6) is -3.41. The maximum absolute atomic E-state index is 13.4. The van der Waals surface area contributed by atoms with Crippen LogP contribution in [0.15, 0.2) is 42.5 Å². The summed E-state index contributed by atoms with van der Waals surface area (Å²) >= 11 is 0. The molecule has 0 aliphatic rings. The van der Waals surface area contributed by atoms with Crippen molar-refractivity contribution in [2.75, 3.05) is 11.9 Å². The Labute approximate surface area is 132 Å². The van der Waals surface area contributed by atoms with E-state index in [4.69, 9.17) is 4.74 Å². The molecule has 0 aromatic heterocycles. The van der Waals surface area contributed by atoms with Crippen LogP contribution in [0.3, 0.4) is 0 Å². The van der Waals surface area contributed by atoms with Gasteiger partial charge in [-0.25, -0.2) is 13.6 Å². The quantitative estimate of drug-likeness (QED) is 0.860. The van der Waals surface area contributed by atoms with E-state index in [0.717, 1.165) is 24.1 Å². The van der Waals surface area contributed by atoms with Gasteiger partial charge in [0.05, 0.1) is 5.56 Å². The number of hydrogen-bond donors (Lipinski definition) is 1. The van der Waals surface area contributed by atoms with Crippen molar-refractivity contribution in [2.45, 2.75) is 13.3 Å². The SMILES string of the molecule is CCc1cccc(NC(=O)COC(=O)c2ccc(F)cc2F)c1. The molecule has 0 heterocycles. The maximum atomic E-state index is 13.4. The highest BCUT2D eigenvalue weighted by Crippen LogP contribution is 2.12. The number of amides is 1. The molecule has 0 aliphatic carbocycles. The standard InChI is InChI=1S/C17H15F2NO3/c1-2-11-4-3-5-13(8-11)20-16(21)10-23-17(22)14-7-6-12(18)9-15(14)19/h3-9H,2,10H2,1H3,(H,20,21). The minimum absolute atomic E-state index is 0.424. The van der Waals surface area contributed by atoms with Crippen molar-refractivity contribution in [3.63, 3.8) is 0 Å². The number of aryl methyl sites for hydroxylation is 1. The summed E-state index contributed by atoms with van der Waals surface area (Å²) in [6.07, 6.45) is 0.822. The fraction of sp³-hybridized carbons (Fsp3) is 0.176. The van der Waals surface area contributed by atoms with Gasteiger partial charge in [0.1, 0.15) is 11.6 Å². The van der Waals surface area contributed by atoms with Gasteiger partial charge in [-0.2, -0.15) is 0 Å². The zero-order valence-corrected chi connectivity index (χ0v) is 12.4. The van der Waals surface area contributed by atoms with E-state index in [9.17, 15) is 18.4 Å². The van der Waals surface area contributed by atoms with E-state index >= 15 is 0 Å². The number of nitrogens with one attached hydrogen (secondary N) is 1. The third-order valence-corrected chi connectivity index (χ3v) is 3.10. The van der Waals surface area contributed by atoms with Gasteiger partial charge in [0.15, 0.2) is 6.61 Å². The smallest absolute Gasteiger partial charge is 0.341 e. The van der Waals surface area contributed by atoms with Crippen molar-refractivity contribution < 1.29 is 23.1 Å². The number of rotatable bonds is 5. The van der Waals surface area contributed by atoms with E-state index in [1.54, 1.807) is 18.2 Å². The molecule has 0 bridgehead atoms. The summed E-state index contributed by atoms with van der Waals surface area (Å²) in [7, 11) is 0. The van der Waals surface area contributed by atoms with Gasteiger partial charge in [-0.1, -0.05) is 19.1 Å². The minimum atomic E-state index is -1.04. The molecule has 0 radical (unpaired) electrons. The monoisotopic (exact) mass is 319 g/mol. The number of halogens is 2. The van der Waals surface area contributed by atoms with Crippen molar-refractivity contribution >= 4 is 17.6 Å². The molecule has 23 heavy (non-hydrogen) atoms. The Balaban J connectivity index is 1.92. The fourth-order valence-corrected chi connectivity index (χ4v) is 1.93. The average Bonchev–Trinajstić information content (AvgIpc) is 2.53. The lowest BCUT2D eigenvalue weighted by atomic mass is 10.1. The maximum Gasteiger partial charge on any atom is 0.341 e. The molecular weight excluding hydrogens is 304 g/mol. The normalized spacial score (nSPS) is 10.2. The van der Waals surface area contributed by atoms with Crippen LogP contribution in [0.5, 0.6) is 0 Å². The third-order valence-electron chi connectivity index (χ3n) is 3.10. The van der Waals surface area contributed by atoms with E-state index < -0.39 is 35.7 Å². The Kier molecular flexibility index (Phi) is 5.41. The number of hydrogen-bond acceptors (Lipinski definition) is 3. The summed E-state index contributed by atoms with van der Waals surface area (Å²) in [6.45, 7) is 1.42. The van der Waals surface area contributed by atoms with Gasteiger partial charge in [0, 0.05) is 11.8 Å². The summed E-state index contributed by atoms with van der Waals surface area (Å²) in [5.41, 5.74) is 1.21. The summed E-state index contributed by atoms with van der Waals surface area (Å²) in [6, 6.07) is 9.72. The summed E-state index contributed by atoms with van der Waals surface area (Å²) in [4.78, 5) is 23.4. The fourth-order valence-electron chi connectivity index (χ4n) is 1.93. The van der Waals surface area contributed by atoms with Crippen molar-refractivity contribution in [3.8, 4) is 0 Å². The van der Waals surface area contributed by atoms with E-state index in [1.165, 1.54) is 0 Å². The molecule has 1 amide bonds. The first-order chi connectivity index (χ1) is 11.0. The van der Waals surface area contributed by atoms with E-state index in [1.807, 2.05) is 13.0 Å². The third kappa shape index (κ3) is 4.60. The first-order valence-corrected chi connectivity index (χ1v) is 7.00. The van der Waals surface area contributed by atoms with E-state index in [2.05, 4.69) is 5.32 Å². The van der Waals surface area contributed by atoms with Crippen LogP contribution in [0.2, 0.25) is 0 Å². The van der Waals surface area contributed by atoms with Crippen LogP contribution in [0.4, 0.5) is 14.5 Å². The molecule has 0 spiro atoms. The molecule has 0 fully saturated rings. The number of carbonyl (C=O) groups excluding carboxylic acids is 2. The largest absolute Gasteiger partial charge is 0.452 e. The number of ether oxygens (including phenoxy) is 1. The van der Waals surface area contributed by atoms with Crippen LogP contribution in [0.1, 0.15) is 22.8 Å². The second-order valence-corrected chi connectivity index (χ2v) is 4.80. The lowest BCUT2D eigenvalue weighted by molar-refractivity contribution is -0.119. The predicted octanol–water partition coefficient (Wildman–Crippen LogP) is 3.32. The van der Waals surface area contributed by atoms with Crippen LogP contribution in [0, 0.1) is 11.6 Å². The molecule has 0 unspecified atom stereocenters. The first-order valence-electron chi connectivity index (χ1n) is 7.00. The molecular formula is C17H15F2NO3. The topological polar surface area (TPSA) is 55.4 Å². The van der Waals surface area contributed by atoms with Crippen molar-refractivity contribution in [2.24, 2.45) is 0 Å². The average molecular weight is 319 g/mol. The van der Waals surface area contributed by atoms with Crippen molar-refractivity contribution in [3.05, 3.63) is 65.2 Å². The molecule has 2 aromatic carbocycles. The molecule has 4 nitrogen and oxygen atoms in total. The second kappa shape index (κ2) is 7.49. The van der Waals surface area contributed by atoms with Crippen LogP contribution < -0.4 is 5.32 Å². The number of esters is 1. The molecule has 1 N–H and O–H groups in total. The van der Waals surface area contributed by atoms with E-state index in [-0.39, 0.29) is 0 Å². The van der Waals surface area contributed by atoms with Gasteiger partial charge in [-0.05, 0) is 36.2 Å². The van der Waals surface area contributed by atoms with Crippen LogP contribution in [-0.4, -0.2) is 18.5 Å². The first kappa shape index (κ1) is 16.6. The minimum Gasteiger partial charge on any atom is -0.452 e. The lowest BCUT2D eigenvalue weighted by Crippen LogP contribution is -2.21. The summed E-state index contributed by atoms with van der Waals surface area (Å²) in [5, 5.41) is 2.58. The molecule has 0 saturated carbocycles. The van der Waals surface area contributed by atoms with Gasteiger partial charge in [-0.15, -0.1) is 0 Å². The number of benzene rings is 2. The highest BCUT2D eigenvalue weighted by atomic mass is 19.1. The zero-order chi connectivity index (χ0) is 16.8. The number of carbonyl (C=O) groups is 2. The molecule has 0 aliphatic heterocycles. The Bertz CT molecular complexity index is 732. The highest BCUT2D eigenvalue weighted by Gasteiger charge is 2.15. The molecule has 120 valence electrons. The van der Waals surface area contributed by atoms with Crippen LogP contribution in [-0.2, 0) is 16.0 Å². The Hall–Kier alpha value is -2.76. The molecule has 6 heteroatoms. The molecule has 0 saturated heterocycles. The summed E-state index contributed by atoms with van der Waals surface area (Å²) < 4.78 is 30.9. The molecule has 2 aromatic rings. The van der Waals surface area contributed by atoms with Gasteiger partial charge in [0.25, 0.3) is 5.91 Å². The zero-order valence-electron chi connectivity index (χ0n) is 12.4. The Morgan fingerprint density at radius 1 is 1.13 bits per heavy atom. The predicted molar refractivity (Wildman–Crippen MR) is 81.1 cm³/mol. The van der Waals surface area contributed by atoms with Crippen LogP contribution >= 0.6 is 0 Å². The van der Waals surface area contributed by atoms with Crippen molar-refractivity contribution in [1.82, 2.24) is 0 Å². The van der Waals surface area contributed by atoms with Gasteiger partial charge >= 0.3 is 5.97 Å². The molecule has 2 rings (SSSR count). The Morgan fingerprint density at radius 2 is 1.91 bits per heavy atom. The van der Waals surface area contributed by atoms with E-state index in [0.29, 0.717) is 11.8 Å². The second-order valence-electron chi connectivity index (χ2n) is 4.80. The van der Waals surface area contributed by atoms with Gasteiger partial charge < -0.3 is 10.1 Å². The lowest BCUT2D eigenvalue weighted by Gasteiger charge is -2.08. The molecule has 0 atom stereocenters. The highest BCUT2D eigenvalue weighted by molar-refractivity contribution is 5.95. The Morgan fingerprint density at radius 3 is 2.61 bits per heavy atom. The van der Waals surface area contributed by atoms with Crippen LogP contribution in [0.25, 0.3) is 0 Å². The van der Waals surface area contributed by atoms with Gasteiger partial charge in [0.2, 0.25) is 0 Å². The van der Waals surface area contributed by atoms with Gasteiger partial charge in [-0.3, -0.25) is 4.79 Å².